The van der Waals surface area contributed by atoms with E-state index in [1.54, 1.807) is 12.4 Å². The first-order chi connectivity index (χ1) is 11.3. The molecule has 0 spiro atoms. The summed E-state index contributed by atoms with van der Waals surface area (Å²) in [6, 6.07) is 21.3. The molecule has 0 bridgehead atoms. The van der Waals surface area contributed by atoms with Crippen molar-refractivity contribution < 1.29 is 4.84 Å². The van der Waals surface area contributed by atoms with Crippen molar-refractivity contribution in [3.8, 4) is 0 Å². The van der Waals surface area contributed by atoms with Crippen molar-refractivity contribution in [2.45, 2.75) is 6.61 Å². The van der Waals surface area contributed by atoms with Gasteiger partial charge in [0.05, 0.1) is 0 Å². The molecule has 0 saturated carbocycles. The fourth-order valence-corrected chi connectivity index (χ4v) is 2.25. The predicted octanol–water partition coefficient (Wildman–Crippen LogP) is 4.70. The number of nitrogens with zero attached hydrogens (tertiary/aromatic N) is 2. The van der Waals surface area contributed by atoms with Gasteiger partial charge in [-0.1, -0.05) is 59.2 Å². The predicted molar refractivity (Wildman–Crippen MR) is 92.6 cm³/mol. The summed E-state index contributed by atoms with van der Waals surface area (Å²) in [5.74, 6) is 0. The number of hydrogen-bond donors (Lipinski definition) is 0. The van der Waals surface area contributed by atoms with Crippen LogP contribution in [-0.2, 0) is 11.4 Å². The molecule has 4 heteroatoms. The van der Waals surface area contributed by atoms with Crippen molar-refractivity contribution in [1.82, 2.24) is 4.98 Å². The lowest BCUT2D eigenvalue weighted by atomic mass is 10.0. The van der Waals surface area contributed by atoms with Crippen LogP contribution in [0, 0.1) is 0 Å². The number of rotatable bonds is 5. The number of oxime groups is 1. The Morgan fingerprint density at radius 2 is 1.65 bits per heavy atom. The Morgan fingerprint density at radius 3 is 2.35 bits per heavy atom. The molecule has 0 atom stereocenters. The first-order valence-corrected chi connectivity index (χ1v) is 7.61. The van der Waals surface area contributed by atoms with Gasteiger partial charge in [-0.15, -0.1) is 0 Å². The summed E-state index contributed by atoms with van der Waals surface area (Å²) < 4.78 is 0. The van der Waals surface area contributed by atoms with Crippen LogP contribution in [-0.4, -0.2) is 10.7 Å². The number of halogens is 1. The Balaban J connectivity index is 1.82. The summed E-state index contributed by atoms with van der Waals surface area (Å²) in [5.41, 5.74) is 3.66. The molecule has 0 aliphatic carbocycles. The zero-order valence-corrected chi connectivity index (χ0v) is 13.1. The average molecular weight is 323 g/mol. The van der Waals surface area contributed by atoms with Crippen molar-refractivity contribution in [3.63, 3.8) is 0 Å². The Kier molecular flexibility index (Phi) is 5.02. The number of pyridine rings is 1. The van der Waals surface area contributed by atoms with Crippen molar-refractivity contribution in [1.29, 1.82) is 0 Å². The molecule has 0 amide bonds. The van der Waals surface area contributed by atoms with E-state index < -0.39 is 0 Å². The van der Waals surface area contributed by atoms with Gasteiger partial charge in [0.15, 0.2) is 0 Å². The molecule has 0 aliphatic heterocycles. The second kappa shape index (κ2) is 7.56. The first-order valence-electron chi connectivity index (χ1n) is 7.23. The second-order valence-corrected chi connectivity index (χ2v) is 5.38. The molecule has 3 rings (SSSR count). The highest BCUT2D eigenvalue weighted by molar-refractivity contribution is 6.30. The van der Waals surface area contributed by atoms with Gasteiger partial charge in [-0.25, -0.2) is 0 Å². The summed E-state index contributed by atoms with van der Waals surface area (Å²) in [5, 5.41) is 5.03. The minimum atomic E-state index is 0.383. The fraction of sp³-hybridized carbons (Fsp3) is 0.0526. The summed E-state index contributed by atoms with van der Waals surface area (Å²) in [4.78, 5) is 9.70. The van der Waals surface area contributed by atoms with Crippen LogP contribution in [0.2, 0.25) is 5.02 Å². The van der Waals surface area contributed by atoms with Crippen LogP contribution in [0.15, 0.2) is 84.3 Å². The molecule has 3 nitrogen and oxygen atoms in total. The minimum Gasteiger partial charge on any atom is -0.390 e. The van der Waals surface area contributed by atoms with Crippen LogP contribution in [0.5, 0.6) is 0 Å². The maximum absolute atomic E-state index is 5.88. The second-order valence-electron chi connectivity index (χ2n) is 4.95. The molecular weight excluding hydrogens is 308 g/mol. The quantitative estimate of drug-likeness (QED) is 0.504. The van der Waals surface area contributed by atoms with E-state index in [9.17, 15) is 0 Å². The van der Waals surface area contributed by atoms with Gasteiger partial charge < -0.3 is 4.84 Å². The zero-order valence-electron chi connectivity index (χ0n) is 12.4. The lowest BCUT2D eigenvalue weighted by Crippen LogP contribution is -2.05. The smallest absolute Gasteiger partial charge is 0.142 e. The van der Waals surface area contributed by atoms with Crippen molar-refractivity contribution in [3.05, 3.63) is 101 Å². The molecule has 1 aromatic heterocycles. The SMILES string of the molecule is Clc1ccc(CON=C(c2ccccc2)c2cccnc2)cc1. The monoisotopic (exact) mass is 322 g/mol. The van der Waals surface area contributed by atoms with Crippen LogP contribution in [0.25, 0.3) is 0 Å². The minimum absolute atomic E-state index is 0.383. The molecule has 23 heavy (non-hydrogen) atoms. The first kappa shape index (κ1) is 15.3. The molecule has 2 aromatic carbocycles. The Bertz CT molecular complexity index is 730. The van der Waals surface area contributed by atoms with Crippen LogP contribution >= 0.6 is 11.6 Å². The molecule has 0 aliphatic rings. The maximum Gasteiger partial charge on any atom is 0.142 e. The van der Waals surface area contributed by atoms with Gasteiger partial charge in [0.1, 0.15) is 12.3 Å². The molecule has 0 N–H and O–H groups in total. The van der Waals surface area contributed by atoms with Crippen LogP contribution in [0.1, 0.15) is 16.7 Å². The normalized spacial score (nSPS) is 11.3. The van der Waals surface area contributed by atoms with Gasteiger partial charge in [0, 0.05) is 28.5 Å². The Hall–Kier alpha value is -2.65. The van der Waals surface area contributed by atoms with Gasteiger partial charge in [-0.3, -0.25) is 4.98 Å². The van der Waals surface area contributed by atoms with Crippen molar-refractivity contribution in [2.24, 2.45) is 5.16 Å². The summed E-state index contributed by atoms with van der Waals surface area (Å²) in [6.07, 6.45) is 3.51. The van der Waals surface area contributed by atoms with Crippen LogP contribution in [0.3, 0.4) is 0 Å². The van der Waals surface area contributed by atoms with Crippen LogP contribution < -0.4 is 0 Å². The summed E-state index contributed by atoms with van der Waals surface area (Å²) in [6.45, 7) is 0.383. The lowest BCUT2D eigenvalue weighted by Gasteiger charge is -2.07. The van der Waals surface area contributed by atoms with E-state index in [1.807, 2.05) is 66.7 Å². The molecule has 3 aromatic rings. The standard InChI is InChI=1S/C19H15ClN2O/c20-18-10-8-15(9-11-18)14-23-22-19(16-5-2-1-3-6-16)17-7-4-12-21-13-17/h1-13H,14H2. The van der Waals surface area contributed by atoms with Gasteiger partial charge >= 0.3 is 0 Å². The number of hydrogen-bond acceptors (Lipinski definition) is 3. The van der Waals surface area contributed by atoms with Crippen LogP contribution in [0.4, 0.5) is 0 Å². The summed E-state index contributed by atoms with van der Waals surface area (Å²) in [7, 11) is 0. The molecule has 1 heterocycles. The van der Waals surface area contributed by atoms with E-state index in [1.165, 1.54) is 0 Å². The lowest BCUT2D eigenvalue weighted by molar-refractivity contribution is 0.131. The van der Waals surface area contributed by atoms with E-state index in [2.05, 4.69) is 10.1 Å². The van der Waals surface area contributed by atoms with E-state index in [0.717, 1.165) is 22.4 Å². The highest BCUT2D eigenvalue weighted by Gasteiger charge is 2.07. The third kappa shape index (κ3) is 4.18. The molecule has 0 radical (unpaired) electrons. The zero-order chi connectivity index (χ0) is 15.9. The summed E-state index contributed by atoms with van der Waals surface area (Å²) >= 11 is 5.88. The van der Waals surface area contributed by atoms with E-state index in [4.69, 9.17) is 16.4 Å². The maximum atomic E-state index is 5.88. The van der Waals surface area contributed by atoms with Crippen molar-refractivity contribution in [2.75, 3.05) is 0 Å². The number of benzene rings is 2. The van der Waals surface area contributed by atoms with Gasteiger partial charge in [-0.2, -0.15) is 0 Å². The third-order valence-electron chi connectivity index (χ3n) is 3.28. The van der Waals surface area contributed by atoms with E-state index in [0.29, 0.717) is 11.6 Å². The van der Waals surface area contributed by atoms with Gasteiger partial charge in [0.25, 0.3) is 0 Å². The molecule has 0 unspecified atom stereocenters. The van der Waals surface area contributed by atoms with Gasteiger partial charge in [0.2, 0.25) is 0 Å². The fourth-order valence-electron chi connectivity index (χ4n) is 2.12. The molecule has 0 saturated heterocycles. The number of aromatic nitrogens is 1. The molecule has 114 valence electrons. The largest absolute Gasteiger partial charge is 0.390 e. The van der Waals surface area contributed by atoms with Gasteiger partial charge in [-0.05, 0) is 29.8 Å². The third-order valence-corrected chi connectivity index (χ3v) is 3.53. The molecular formula is C19H15ClN2O. The Labute approximate surface area is 140 Å². The highest BCUT2D eigenvalue weighted by Crippen LogP contribution is 2.13. The highest BCUT2D eigenvalue weighted by atomic mass is 35.5. The molecule has 0 fully saturated rings. The van der Waals surface area contributed by atoms with E-state index in [-0.39, 0.29) is 0 Å². The average Bonchev–Trinajstić information content (AvgIpc) is 2.62. The topological polar surface area (TPSA) is 34.5 Å². The van der Waals surface area contributed by atoms with E-state index >= 15 is 0 Å². The van der Waals surface area contributed by atoms with Crippen molar-refractivity contribution >= 4 is 17.3 Å². The Morgan fingerprint density at radius 1 is 0.913 bits per heavy atom.